The maximum atomic E-state index is 13.0. The maximum Gasteiger partial charge on any atom is 0.243 e. The van der Waals surface area contributed by atoms with Crippen LogP contribution in [-0.2, 0) is 14.8 Å². The SMILES string of the molecule is C=CCCN(C1CCCCNC1=O)S(=O)(=O)c1ccc(Cl)cc1. The van der Waals surface area contributed by atoms with Gasteiger partial charge in [0, 0.05) is 18.1 Å². The quantitative estimate of drug-likeness (QED) is 0.796. The van der Waals surface area contributed by atoms with Gasteiger partial charge in [0.25, 0.3) is 0 Å². The third kappa shape index (κ3) is 4.34. The second kappa shape index (κ2) is 7.95. The van der Waals surface area contributed by atoms with E-state index < -0.39 is 16.1 Å². The van der Waals surface area contributed by atoms with Gasteiger partial charge in [-0.1, -0.05) is 17.7 Å². The van der Waals surface area contributed by atoms with Crippen molar-refractivity contribution in [3.8, 4) is 0 Å². The standard InChI is InChI=1S/C16H21ClN2O3S/c1-2-3-12-19(15-6-4-5-11-18-16(15)20)23(21,22)14-9-7-13(17)8-10-14/h2,7-10,15H,1,3-6,11-12H2,(H,18,20). The Morgan fingerprint density at radius 1 is 1.30 bits per heavy atom. The Morgan fingerprint density at radius 3 is 2.65 bits per heavy atom. The van der Waals surface area contributed by atoms with Gasteiger partial charge in [-0.3, -0.25) is 4.79 Å². The molecule has 0 aliphatic carbocycles. The van der Waals surface area contributed by atoms with Crippen LogP contribution in [0.25, 0.3) is 0 Å². The average molecular weight is 357 g/mol. The predicted molar refractivity (Wildman–Crippen MR) is 90.8 cm³/mol. The van der Waals surface area contributed by atoms with Gasteiger partial charge in [-0.25, -0.2) is 8.42 Å². The minimum atomic E-state index is -3.77. The molecule has 1 aromatic rings. The molecule has 0 bridgehead atoms. The fraction of sp³-hybridized carbons (Fsp3) is 0.438. The molecule has 1 amide bonds. The molecule has 23 heavy (non-hydrogen) atoms. The molecule has 1 N–H and O–H groups in total. The number of hydrogen-bond donors (Lipinski definition) is 1. The second-order valence-electron chi connectivity index (χ2n) is 5.45. The Kier molecular flexibility index (Phi) is 6.21. The molecule has 126 valence electrons. The maximum absolute atomic E-state index is 13.0. The molecule has 1 atom stereocenters. The summed E-state index contributed by atoms with van der Waals surface area (Å²) in [5.41, 5.74) is 0. The number of halogens is 1. The van der Waals surface area contributed by atoms with Crippen LogP contribution in [0.1, 0.15) is 25.7 Å². The van der Waals surface area contributed by atoms with E-state index in [0.717, 1.165) is 12.8 Å². The lowest BCUT2D eigenvalue weighted by atomic mass is 10.1. The van der Waals surface area contributed by atoms with Crippen molar-refractivity contribution in [2.45, 2.75) is 36.6 Å². The number of sulfonamides is 1. The number of carbonyl (C=O) groups is 1. The summed E-state index contributed by atoms with van der Waals surface area (Å²) in [5.74, 6) is -0.232. The van der Waals surface area contributed by atoms with Gasteiger partial charge in [-0.15, -0.1) is 6.58 Å². The van der Waals surface area contributed by atoms with Crippen molar-refractivity contribution in [2.75, 3.05) is 13.1 Å². The van der Waals surface area contributed by atoms with E-state index in [1.807, 2.05) is 0 Å². The topological polar surface area (TPSA) is 66.5 Å². The summed E-state index contributed by atoms with van der Waals surface area (Å²) >= 11 is 5.83. The van der Waals surface area contributed by atoms with Crippen molar-refractivity contribution in [3.05, 3.63) is 41.9 Å². The van der Waals surface area contributed by atoms with Crippen LogP contribution >= 0.6 is 11.6 Å². The van der Waals surface area contributed by atoms with Crippen LogP contribution in [0.15, 0.2) is 41.8 Å². The first-order chi connectivity index (χ1) is 11.0. The number of nitrogens with zero attached hydrogens (tertiary/aromatic N) is 1. The van der Waals surface area contributed by atoms with Gasteiger partial charge < -0.3 is 5.32 Å². The van der Waals surface area contributed by atoms with Gasteiger partial charge in [-0.2, -0.15) is 4.31 Å². The highest BCUT2D eigenvalue weighted by Crippen LogP contribution is 2.24. The molecule has 1 aromatic carbocycles. The normalized spacial score (nSPS) is 19.2. The first-order valence-corrected chi connectivity index (χ1v) is 9.44. The van der Waals surface area contributed by atoms with Crippen molar-refractivity contribution < 1.29 is 13.2 Å². The van der Waals surface area contributed by atoms with E-state index >= 15 is 0 Å². The van der Waals surface area contributed by atoms with Gasteiger partial charge in [0.05, 0.1) is 4.90 Å². The molecular formula is C16H21ClN2O3S. The van der Waals surface area contributed by atoms with E-state index in [2.05, 4.69) is 11.9 Å². The third-order valence-corrected chi connectivity index (χ3v) is 6.00. The Bertz CT molecular complexity index is 658. The molecular weight excluding hydrogens is 336 g/mol. The van der Waals surface area contributed by atoms with Crippen molar-refractivity contribution in [3.63, 3.8) is 0 Å². The Morgan fingerprint density at radius 2 is 2.00 bits per heavy atom. The van der Waals surface area contributed by atoms with Crippen molar-refractivity contribution in [2.24, 2.45) is 0 Å². The summed E-state index contributed by atoms with van der Waals surface area (Å²) in [7, 11) is -3.77. The minimum absolute atomic E-state index is 0.142. The average Bonchev–Trinajstić information content (AvgIpc) is 2.73. The van der Waals surface area contributed by atoms with Gasteiger partial charge in [0.1, 0.15) is 6.04 Å². The van der Waals surface area contributed by atoms with E-state index in [1.165, 1.54) is 28.6 Å². The lowest BCUT2D eigenvalue weighted by molar-refractivity contribution is -0.124. The van der Waals surface area contributed by atoms with Gasteiger partial charge in [-0.05, 0) is 49.9 Å². The van der Waals surface area contributed by atoms with Crippen LogP contribution in [0, 0.1) is 0 Å². The Hall–Kier alpha value is -1.37. The van der Waals surface area contributed by atoms with Crippen LogP contribution in [-0.4, -0.2) is 37.8 Å². The summed E-state index contributed by atoms with van der Waals surface area (Å²) in [6.45, 7) is 4.46. The molecule has 0 radical (unpaired) electrons. The number of hydrogen-bond acceptors (Lipinski definition) is 3. The third-order valence-electron chi connectivity index (χ3n) is 3.83. The number of amides is 1. The molecule has 1 aliphatic rings. The van der Waals surface area contributed by atoms with E-state index in [0.29, 0.717) is 24.4 Å². The first kappa shape index (κ1) is 18.0. The summed E-state index contributed by atoms with van der Waals surface area (Å²) in [4.78, 5) is 12.4. The second-order valence-corrected chi connectivity index (χ2v) is 7.78. The highest BCUT2D eigenvalue weighted by molar-refractivity contribution is 7.89. The highest BCUT2D eigenvalue weighted by Gasteiger charge is 2.35. The molecule has 0 saturated carbocycles. The molecule has 1 saturated heterocycles. The number of nitrogens with one attached hydrogen (secondary N) is 1. The highest BCUT2D eigenvalue weighted by atomic mass is 35.5. The Balaban J connectivity index is 2.37. The Labute approximate surface area is 142 Å². The number of carbonyl (C=O) groups excluding carboxylic acids is 1. The summed E-state index contributed by atoms with van der Waals surface area (Å²) in [6, 6.07) is 5.32. The molecule has 5 nitrogen and oxygen atoms in total. The minimum Gasteiger partial charge on any atom is -0.355 e. The van der Waals surface area contributed by atoms with Crippen molar-refractivity contribution >= 4 is 27.5 Å². The zero-order valence-electron chi connectivity index (χ0n) is 12.9. The lowest BCUT2D eigenvalue weighted by Gasteiger charge is -2.28. The van der Waals surface area contributed by atoms with Crippen molar-refractivity contribution in [1.82, 2.24) is 9.62 Å². The number of benzene rings is 1. The van der Waals surface area contributed by atoms with Crippen LogP contribution in [0.4, 0.5) is 0 Å². The lowest BCUT2D eigenvalue weighted by Crippen LogP contribution is -2.48. The van der Waals surface area contributed by atoms with Gasteiger partial charge >= 0.3 is 0 Å². The van der Waals surface area contributed by atoms with Crippen molar-refractivity contribution in [1.29, 1.82) is 0 Å². The molecule has 0 spiro atoms. The predicted octanol–water partition coefficient (Wildman–Crippen LogP) is 2.58. The molecule has 1 heterocycles. The molecule has 7 heteroatoms. The monoisotopic (exact) mass is 356 g/mol. The fourth-order valence-electron chi connectivity index (χ4n) is 2.60. The smallest absolute Gasteiger partial charge is 0.243 e. The zero-order chi connectivity index (χ0) is 16.9. The van der Waals surface area contributed by atoms with E-state index in [1.54, 1.807) is 6.08 Å². The summed E-state index contributed by atoms with van der Waals surface area (Å²) in [5, 5.41) is 3.26. The molecule has 2 rings (SSSR count). The van der Waals surface area contributed by atoms with Crippen LogP contribution in [0.5, 0.6) is 0 Å². The van der Waals surface area contributed by atoms with Crippen LogP contribution in [0.3, 0.4) is 0 Å². The van der Waals surface area contributed by atoms with Gasteiger partial charge in [0.15, 0.2) is 0 Å². The molecule has 1 fully saturated rings. The van der Waals surface area contributed by atoms with Crippen LogP contribution < -0.4 is 5.32 Å². The van der Waals surface area contributed by atoms with E-state index in [4.69, 9.17) is 11.6 Å². The molecule has 1 aliphatic heterocycles. The van der Waals surface area contributed by atoms with E-state index in [9.17, 15) is 13.2 Å². The fourth-order valence-corrected chi connectivity index (χ4v) is 4.36. The summed E-state index contributed by atoms with van der Waals surface area (Å²) in [6.07, 6.45) is 4.33. The first-order valence-electron chi connectivity index (χ1n) is 7.63. The molecule has 1 unspecified atom stereocenters. The number of rotatable bonds is 6. The van der Waals surface area contributed by atoms with Crippen LogP contribution in [0.2, 0.25) is 5.02 Å². The summed E-state index contributed by atoms with van der Waals surface area (Å²) < 4.78 is 27.2. The molecule has 0 aromatic heterocycles. The largest absolute Gasteiger partial charge is 0.355 e. The van der Waals surface area contributed by atoms with Gasteiger partial charge in [0.2, 0.25) is 15.9 Å². The zero-order valence-corrected chi connectivity index (χ0v) is 14.4. The van der Waals surface area contributed by atoms with E-state index in [-0.39, 0.29) is 17.3 Å².